The minimum Gasteiger partial charge on any atom is -0.381 e. The Morgan fingerprint density at radius 3 is 2.86 bits per heavy atom. The minimum absolute atomic E-state index is 0.261. The van der Waals surface area contributed by atoms with Crippen molar-refractivity contribution in [3.05, 3.63) is 46.4 Å². The van der Waals surface area contributed by atoms with Crippen LogP contribution in [0.4, 0.5) is 0 Å². The summed E-state index contributed by atoms with van der Waals surface area (Å²) in [6.45, 7) is 3.59. The lowest BCUT2D eigenvalue weighted by Crippen LogP contribution is -1.99. The van der Waals surface area contributed by atoms with E-state index < -0.39 is 0 Å². The van der Waals surface area contributed by atoms with Crippen LogP contribution in [0.5, 0.6) is 0 Å². The first-order valence-corrected chi connectivity index (χ1v) is 8.26. The quantitative estimate of drug-likeness (QED) is 0.724. The molecule has 112 valence electrons. The van der Waals surface area contributed by atoms with Gasteiger partial charge in [-0.05, 0) is 18.9 Å². The first-order valence-electron chi connectivity index (χ1n) is 7.38. The topological polar surface area (TPSA) is 48.2 Å². The van der Waals surface area contributed by atoms with Crippen molar-refractivity contribution in [2.45, 2.75) is 19.3 Å². The molecule has 0 amide bonds. The van der Waals surface area contributed by atoms with Gasteiger partial charge < -0.3 is 9.26 Å². The van der Waals surface area contributed by atoms with Crippen molar-refractivity contribution in [1.82, 2.24) is 10.1 Å². The molecular weight excluding hydrogens is 296 g/mol. The Balaban J connectivity index is 1.74. The Labute approximate surface area is 132 Å². The van der Waals surface area contributed by atoms with Crippen LogP contribution < -0.4 is 0 Å². The van der Waals surface area contributed by atoms with Gasteiger partial charge in [0, 0.05) is 28.3 Å². The number of nitrogens with zero attached hydrogens (tertiary/aromatic N) is 2. The second-order valence-electron chi connectivity index (χ2n) is 5.46. The van der Waals surface area contributed by atoms with Crippen LogP contribution in [0.25, 0.3) is 22.6 Å². The lowest BCUT2D eigenvalue weighted by molar-refractivity contribution is 0.192. The van der Waals surface area contributed by atoms with Crippen LogP contribution >= 0.6 is 11.3 Å². The molecule has 1 aliphatic rings. The molecule has 1 atom stereocenters. The standard InChI is InChI=1S/C17H16N2O2S/c1-11-15(12-5-3-2-4-6-12)14(10-22-11)17-18-16(19-21-17)13-7-8-20-9-13/h2-6,10,13H,7-9H2,1H3. The van der Waals surface area contributed by atoms with E-state index >= 15 is 0 Å². The smallest absolute Gasteiger partial charge is 0.259 e. The highest BCUT2D eigenvalue weighted by Crippen LogP contribution is 2.38. The third-order valence-corrected chi connectivity index (χ3v) is 4.92. The van der Waals surface area contributed by atoms with Gasteiger partial charge in [-0.1, -0.05) is 35.5 Å². The Bertz CT molecular complexity index is 773. The van der Waals surface area contributed by atoms with Crippen molar-refractivity contribution in [3.63, 3.8) is 0 Å². The van der Waals surface area contributed by atoms with E-state index in [0.29, 0.717) is 12.5 Å². The molecule has 3 aromatic rings. The molecule has 0 radical (unpaired) electrons. The molecule has 1 unspecified atom stereocenters. The zero-order chi connectivity index (χ0) is 14.9. The predicted molar refractivity (Wildman–Crippen MR) is 86.0 cm³/mol. The average Bonchev–Trinajstić information content (AvgIpc) is 3.28. The van der Waals surface area contributed by atoms with Crippen molar-refractivity contribution >= 4 is 11.3 Å². The molecule has 0 bridgehead atoms. The van der Waals surface area contributed by atoms with Crippen LogP contribution in [-0.2, 0) is 4.74 Å². The van der Waals surface area contributed by atoms with Gasteiger partial charge in [-0.2, -0.15) is 4.98 Å². The van der Waals surface area contributed by atoms with E-state index in [1.165, 1.54) is 16.0 Å². The Morgan fingerprint density at radius 1 is 1.23 bits per heavy atom. The van der Waals surface area contributed by atoms with Gasteiger partial charge in [0.25, 0.3) is 5.89 Å². The highest BCUT2D eigenvalue weighted by atomic mass is 32.1. The van der Waals surface area contributed by atoms with Crippen LogP contribution in [-0.4, -0.2) is 23.4 Å². The van der Waals surface area contributed by atoms with Crippen molar-refractivity contribution in [1.29, 1.82) is 0 Å². The molecule has 1 aliphatic heterocycles. The maximum absolute atomic E-state index is 5.53. The van der Waals surface area contributed by atoms with Gasteiger partial charge in [-0.3, -0.25) is 0 Å². The van der Waals surface area contributed by atoms with Crippen LogP contribution in [0, 0.1) is 6.92 Å². The Kier molecular flexibility index (Phi) is 3.52. The number of ether oxygens (including phenoxy) is 1. The van der Waals surface area contributed by atoms with Crippen LogP contribution in [0.15, 0.2) is 40.2 Å². The van der Waals surface area contributed by atoms with Crippen molar-refractivity contribution in [2.24, 2.45) is 0 Å². The van der Waals surface area contributed by atoms with E-state index in [1.54, 1.807) is 11.3 Å². The predicted octanol–water partition coefficient (Wildman–Crippen LogP) is 4.28. The van der Waals surface area contributed by atoms with E-state index in [9.17, 15) is 0 Å². The molecule has 22 heavy (non-hydrogen) atoms. The number of rotatable bonds is 3. The summed E-state index contributed by atoms with van der Waals surface area (Å²) in [5.74, 6) is 1.62. The van der Waals surface area contributed by atoms with Crippen molar-refractivity contribution in [2.75, 3.05) is 13.2 Å². The van der Waals surface area contributed by atoms with Crippen LogP contribution in [0.3, 0.4) is 0 Å². The maximum Gasteiger partial charge on any atom is 0.259 e. The molecule has 0 aliphatic carbocycles. The van der Waals surface area contributed by atoms with E-state index in [4.69, 9.17) is 9.26 Å². The molecule has 1 fully saturated rings. The molecule has 1 saturated heterocycles. The number of hydrogen-bond donors (Lipinski definition) is 0. The summed E-state index contributed by atoms with van der Waals surface area (Å²) in [5, 5.41) is 6.25. The fourth-order valence-electron chi connectivity index (χ4n) is 2.82. The van der Waals surface area contributed by atoms with Gasteiger partial charge in [-0.15, -0.1) is 11.3 Å². The number of thiophene rings is 1. The summed E-state index contributed by atoms with van der Waals surface area (Å²) in [5.41, 5.74) is 3.38. The van der Waals surface area contributed by atoms with Crippen LogP contribution in [0.1, 0.15) is 23.0 Å². The van der Waals surface area contributed by atoms with Gasteiger partial charge in [-0.25, -0.2) is 0 Å². The van der Waals surface area contributed by atoms with E-state index in [-0.39, 0.29) is 5.92 Å². The van der Waals surface area contributed by atoms with E-state index in [1.807, 2.05) is 18.2 Å². The SMILES string of the molecule is Cc1scc(-c2nc(C3CCOC3)no2)c1-c1ccccc1. The first kappa shape index (κ1) is 13.7. The van der Waals surface area contributed by atoms with Crippen LogP contribution in [0.2, 0.25) is 0 Å². The largest absolute Gasteiger partial charge is 0.381 e. The van der Waals surface area contributed by atoms with E-state index in [0.717, 1.165) is 24.4 Å². The van der Waals surface area contributed by atoms with Crippen molar-refractivity contribution < 1.29 is 9.26 Å². The second-order valence-corrected chi connectivity index (χ2v) is 6.55. The number of aromatic nitrogens is 2. The highest BCUT2D eigenvalue weighted by molar-refractivity contribution is 7.10. The molecule has 4 rings (SSSR count). The van der Waals surface area contributed by atoms with Gasteiger partial charge >= 0.3 is 0 Å². The summed E-state index contributed by atoms with van der Waals surface area (Å²) >= 11 is 1.71. The first-order chi connectivity index (χ1) is 10.8. The highest BCUT2D eigenvalue weighted by Gasteiger charge is 2.25. The Hall–Kier alpha value is -1.98. The fraction of sp³-hybridized carbons (Fsp3) is 0.294. The Morgan fingerprint density at radius 2 is 2.09 bits per heavy atom. The number of benzene rings is 1. The lowest BCUT2D eigenvalue weighted by Gasteiger charge is -2.03. The molecule has 2 aromatic heterocycles. The molecule has 0 N–H and O–H groups in total. The molecule has 3 heterocycles. The van der Waals surface area contributed by atoms with Gasteiger partial charge in [0.2, 0.25) is 0 Å². The molecule has 1 aromatic carbocycles. The third kappa shape index (κ3) is 2.36. The average molecular weight is 312 g/mol. The molecule has 5 heteroatoms. The summed E-state index contributed by atoms with van der Waals surface area (Å²) in [6, 6.07) is 10.3. The zero-order valence-electron chi connectivity index (χ0n) is 12.3. The zero-order valence-corrected chi connectivity index (χ0v) is 13.1. The molecule has 0 saturated carbocycles. The summed E-state index contributed by atoms with van der Waals surface area (Å²) in [7, 11) is 0. The lowest BCUT2D eigenvalue weighted by atomic mass is 10.0. The third-order valence-electron chi connectivity index (χ3n) is 4.00. The summed E-state index contributed by atoms with van der Waals surface area (Å²) in [4.78, 5) is 5.87. The van der Waals surface area contributed by atoms with Crippen molar-refractivity contribution in [3.8, 4) is 22.6 Å². The number of aryl methyl sites for hydroxylation is 1. The number of hydrogen-bond acceptors (Lipinski definition) is 5. The summed E-state index contributed by atoms with van der Waals surface area (Å²) < 4.78 is 10.9. The molecular formula is C17H16N2O2S. The van der Waals surface area contributed by atoms with Gasteiger partial charge in [0.15, 0.2) is 5.82 Å². The van der Waals surface area contributed by atoms with Gasteiger partial charge in [0.1, 0.15) is 0 Å². The molecule has 0 spiro atoms. The minimum atomic E-state index is 0.261. The second kappa shape index (κ2) is 5.66. The summed E-state index contributed by atoms with van der Waals surface area (Å²) in [6.07, 6.45) is 0.965. The molecule has 4 nitrogen and oxygen atoms in total. The van der Waals surface area contributed by atoms with Gasteiger partial charge in [0.05, 0.1) is 12.2 Å². The normalized spacial score (nSPS) is 18.0. The maximum atomic E-state index is 5.53. The van der Waals surface area contributed by atoms with E-state index in [2.05, 4.69) is 34.6 Å². The monoisotopic (exact) mass is 312 g/mol. The fourth-order valence-corrected chi connectivity index (χ4v) is 3.68.